The van der Waals surface area contributed by atoms with Gasteiger partial charge in [0.15, 0.2) is 0 Å². The van der Waals surface area contributed by atoms with Gasteiger partial charge in [-0.3, -0.25) is 0 Å². The van der Waals surface area contributed by atoms with Crippen molar-refractivity contribution < 1.29 is 4.42 Å². The van der Waals surface area contributed by atoms with Crippen molar-refractivity contribution in [1.82, 2.24) is 4.98 Å². The Kier molecular flexibility index (Phi) is 4.62. The van der Waals surface area contributed by atoms with Crippen LogP contribution in [0.4, 0.5) is 0 Å². The van der Waals surface area contributed by atoms with E-state index in [1.54, 1.807) is 0 Å². The topological polar surface area (TPSA) is 43.1 Å². The average Bonchev–Trinajstić information content (AvgIpc) is 3.20. The van der Waals surface area contributed by atoms with Gasteiger partial charge in [-0.2, -0.15) is 0 Å². The molecule has 5 heteroatoms. The van der Waals surface area contributed by atoms with Crippen molar-refractivity contribution in [2.45, 2.75) is 0 Å². The van der Waals surface area contributed by atoms with E-state index in [9.17, 15) is 4.79 Å². The van der Waals surface area contributed by atoms with Gasteiger partial charge in [0.25, 0.3) is 0 Å². The first-order chi connectivity index (χ1) is 14.2. The van der Waals surface area contributed by atoms with Crippen LogP contribution in [0.2, 0.25) is 0 Å². The molecule has 0 aliphatic rings. The number of rotatable bonds is 3. The van der Waals surface area contributed by atoms with E-state index in [0.29, 0.717) is 16.1 Å². The van der Waals surface area contributed by atoms with Crippen molar-refractivity contribution in [3.05, 3.63) is 99.1 Å². The molecule has 0 bridgehead atoms. The van der Waals surface area contributed by atoms with E-state index in [1.807, 2.05) is 60.0 Å². The molecule has 0 radical (unpaired) electrons. The molecule has 140 valence electrons. The molecule has 0 N–H and O–H groups in total. The number of fused-ring (bicyclic) bond motifs is 1. The first-order valence-electron chi connectivity index (χ1n) is 9.03. The maximum absolute atomic E-state index is 12.8. The van der Waals surface area contributed by atoms with Crippen molar-refractivity contribution in [2.75, 3.05) is 0 Å². The second-order valence-corrected chi connectivity index (χ2v) is 8.36. The second-order valence-electron chi connectivity index (χ2n) is 6.59. The van der Waals surface area contributed by atoms with Gasteiger partial charge < -0.3 is 4.42 Å². The van der Waals surface area contributed by atoms with E-state index < -0.39 is 0 Å². The fourth-order valence-corrected chi connectivity index (χ4v) is 4.48. The minimum atomic E-state index is -0.365. The summed E-state index contributed by atoms with van der Waals surface area (Å²) >= 11 is 4.87. The summed E-state index contributed by atoms with van der Waals surface area (Å²) in [6.07, 6.45) is 0. The Morgan fingerprint density at radius 2 is 1.38 bits per heavy atom. The van der Waals surface area contributed by atoms with Crippen LogP contribution in [0.1, 0.15) is 0 Å². The van der Waals surface area contributed by atoms with Crippen LogP contribution in [0.15, 0.2) is 97.9 Å². The van der Waals surface area contributed by atoms with E-state index in [0.717, 1.165) is 32.3 Å². The minimum absolute atomic E-state index is 0.336. The zero-order valence-electron chi connectivity index (χ0n) is 15.1. The van der Waals surface area contributed by atoms with Gasteiger partial charge in [-0.05, 0) is 41.0 Å². The Labute approximate surface area is 179 Å². The van der Waals surface area contributed by atoms with Gasteiger partial charge in [0, 0.05) is 21.0 Å². The van der Waals surface area contributed by atoms with E-state index >= 15 is 0 Å². The molecule has 5 aromatic rings. The summed E-state index contributed by atoms with van der Waals surface area (Å²) in [4.78, 5) is 18.0. The highest BCUT2D eigenvalue weighted by Gasteiger charge is 2.15. The Morgan fingerprint density at radius 1 is 0.759 bits per heavy atom. The molecule has 0 atom stereocenters. The number of hydrogen-bond acceptors (Lipinski definition) is 4. The summed E-state index contributed by atoms with van der Waals surface area (Å²) in [5.41, 5.74) is 4.53. The second kappa shape index (κ2) is 7.43. The largest absolute Gasteiger partial charge is 0.403 e. The third-order valence-corrected chi connectivity index (χ3v) is 6.16. The number of nitrogens with zero attached hydrogens (tertiary/aromatic N) is 1. The summed E-state index contributed by atoms with van der Waals surface area (Å²) < 4.78 is 6.51. The molecule has 0 fully saturated rings. The lowest BCUT2D eigenvalue weighted by Gasteiger charge is -2.04. The smallest absolute Gasteiger partial charge is 0.348 e. The van der Waals surface area contributed by atoms with Gasteiger partial charge in [0.05, 0.1) is 0 Å². The summed E-state index contributed by atoms with van der Waals surface area (Å²) in [6, 6.07) is 26.0. The van der Waals surface area contributed by atoms with E-state index in [-0.39, 0.29) is 5.63 Å². The van der Waals surface area contributed by atoms with E-state index in [2.05, 4.69) is 45.2 Å². The molecule has 0 unspecified atom stereocenters. The van der Waals surface area contributed by atoms with Gasteiger partial charge in [0.1, 0.15) is 10.2 Å². The Hall–Kier alpha value is -3.02. The number of hydrogen-bond donors (Lipinski definition) is 0. The van der Waals surface area contributed by atoms with Crippen LogP contribution in [0.25, 0.3) is 43.9 Å². The maximum atomic E-state index is 12.8. The molecule has 0 spiro atoms. The van der Waals surface area contributed by atoms with Gasteiger partial charge in [-0.15, -0.1) is 11.3 Å². The molecule has 3 nitrogen and oxygen atoms in total. The highest BCUT2D eigenvalue weighted by molar-refractivity contribution is 9.10. The molecule has 0 saturated carbocycles. The SMILES string of the molecule is O=c1oc(-c2ccc(Br)cc2)nc2scc(-c3ccc(-c4ccccc4)cc3)c12. The fourth-order valence-electron chi connectivity index (χ4n) is 3.28. The number of aromatic nitrogens is 1. The number of benzene rings is 3. The van der Waals surface area contributed by atoms with Gasteiger partial charge in [-0.25, -0.2) is 9.78 Å². The predicted octanol–water partition coefficient (Wildman–Crippen LogP) is 7.01. The molecule has 2 heterocycles. The summed E-state index contributed by atoms with van der Waals surface area (Å²) in [5.74, 6) is 0.336. The van der Waals surface area contributed by atoms with Crippen molar-refractivity contribution >= 4 is 37.5 Å². The molecule has 2 aromatic heterocycles. The van der Waals surface area contributed by atoms with Crippen molar-refractivity contribution in [1.29, 1.82) is 0 Å². The molecule has 29 heavy (non-hydrogen) atoms. The predicted molar refractivity (Wildman–Crippen MR) is 122 cm³/mol. The van der Waals surface area contributed by atoms with Crippen molar-refractivity contribution in [3.63, 3.8) is 0 Å². The molecule has 5 rings (SSSR count). The summed E-state index contributed by atoms with van der Waals surface area (Å²) in [5, 5.41) is 2.50. The van der Waals surface area contributed by atoms with Crippen LogP contribution in [-0.2, 0) is 0 Å². The third-order valence-electron chi connectivity index (χ3n) is 4.76. The molecule has 0 saturated heterocycles. The Bertz CT molecular complexity index is 1350. The zero-order chi connectivity index (χ0) is 19.8. The highest BCUT2D eigenvalue weighted by Crippen LogP contribution is 2.33. The van der Waals surface area contributed by atoms with Crippen molar-refractivity contribution in [2.24, 2.45) is 0 Å². The van der Waals surface area contributed by atoms with Gasteiger partial charge in [0.2, 0.25) is 5.89 Å². The molecule has 3 aromatic carbocycles. The third kappa shape index (κ3) is 3.43. The normalized spacial score (nSPS) is 11.1. The number of thiophene rings is 1. The first kappa shape index (κ1) is 18.0. The monoisotopic (exact) mass is 459 g/mol. The molecule has 0 aliphatic carbocycles. The lowest BCUT2D eigenvalue weighted by atomic mass is 10.0. The lowest BCUT2D eigenvalue weighted by molar-refractivity contribution is 0.519. The van der Waals surface area contributed by atoms with Crippen LogP contribution >= 0.6 is 27.3 Å². The average molecular weight is 460 g/mol. The van der Waals surface area contributed by atoms with Crippen LogP contribution in [-0.4, -0.2) is 4.98 Å². The molecule has 0 aliphatic heterocycles. The summed E-state index contributed by atoms with van der Waals surface area (Å²) in [6.45, 7) is 0. The first-order valence-corrected chi connectivity index (χ1v) is 10.7. The molecule has 0 amide bonds. The number of halogens is 1. The Balaban J connectivity index is 1.56. The van der Waals surface area contributed by atoms with Crippen LogP contribution in [0.5, 0.6) is 0 Å². The minimum Gasteiger partial charge on any atom is -0.403 e. The quantitative estimate of drug-likeness (QED) is 0.291. The standard InChI is InChI=1S/C24H14BrNO2S/c25-19-12-10-18(11-13-19)22-26-23-21(24(27)28-22)20(14-29-23)17-8-6-16(7-9-17)15-4-2-1-3-5-15/h1-14H. The lowest BCUT2D eigenvalue weighted by Crippen LogP contribution is -2.02. The Morgan fingerprint density at radius 3 is 2.10 bits per heavy atom. The highest BCUT2D eigenvalue weighted by atomic mass is 79.9. The maximum Gasteiger partial charge on any atom is 0.348 e. The van der Waals surface area contributed by atoms with Gasteiger partial charge >= 0.3 is 5.63 Å². The molecular formula is C24H14BrNO2S. The van der Waals surface area contributed by atoms with Crippen LogP contribution in [0.3, 0.4) is 0 Å². The zero-order valence-corrected chi connectivity index (χ0v) is 17.5. The van der Waals surface area contributed by atoms with Crippen LogP contribution < -0.4 is 5.63 Å². The van der Waals surface area contributed by atoms with E-state index in [4.69, 9.17) is 4.42 Å². The van der Waals surface area contributed by atoms with Gasteiger partial charge in [-0.1, -0.05) is 70.5 Å². The van der Waals surface area contributed by atoms with E-state index in [1.165, 1.54) is 11.3 Å². The van der Waals surface area contributed by atoms with Crippen molar-refractivity contribution in [3.8, 4) is 33.7 Å². The summed E-state index contributed by atoms with van der Waals surface area (Å²) in [7, 11) is 0. The van der Waals surface area contributed by atoms with Crippen LogP contribution in [0, 0.1) is 0 Å². The molecular weight excluding hydrogens is 446 g/mol. The fraction of sp³-hybridized carbons (Fsp3) is 0.